The summed E-state index contributed by atoms with van der Waals surface area (Å²) in [7, 11) is -3.97. The lowest BCUT2D eigenvalue weighted by Gasteiger charge is -2.10. The highest BCUT2D eigenvalue weighted by atomic mass is 32.2. The van der Waals surface area contributed by atoms with Gasteiger partial charge in [0.1, 0.15) is 0 Å². The number of carboxylic acid groups (broad SMARTS) is 1. The van der Waals surface area contributed by atoms with Crippen molar-refractivity contribution in [2.45, 2.75) is 32.9 Å². The Morgan fingerprint density at radius 3 is 2.15 bits per heavy atom. The largest absolute Gasteiger partial charge is 0.478 e. The molecule has 0 aliphatic carbocycles. The number of thioether (sulfide) groups is 2. The highest BCUT2D eigenvalue weighted by Crippen LogP contribution is 2.37. The third-order valence-electron chi connectivity index (χ3n) is 4.42. The summed E-state index contributed by atoms with van der Waals surface area (Å²) in [5.74, 6) is -0.678. The van der Waals surface area contributed by atoms with Crippen LogP contribution in [-0.2, 0) is 15.8 Å². The number of benzene rings is 3. The van der Waals surface area contributed by atoms with Gasteiger partial charge in [-0.15, -0.1) is 11.8 Å². The molecule has 0 bridgehead atoms. The van der Waals surface area contributed by atoms with Crippen molar-refractivity contribution in [3.63, 3.8) is 0 Å². The van der Waals surface area contributed by atoms with Crippen molar-refractivity contribution in [1.29, 1.82) is 0 Å². The van der Waals surface area contributed by atoms with E-state index in [0.717, 1.165) is 16.5 Å². The number of hydrogen-bond acceptors (Lipinski definition) is 5. The van der Waals surface area contributed by atoms with Gasteiger partial charge in [-0.1, -0.05) is 18.2 Å². The van der Waals surface area contributed by atoms with E-state index < -0.39 is 21.5 Å². The Morgan fingerprint density at radius 1 is 0.970 bits per heavy atom. The van der Waals surface area contributed by atoms with Crippen molar-refractivity contribution in [2.24, 2.45) is 0 Å². The molecule has 174 valence electrons. The van der Waals surface area contributed by atoms with Gasteiger partial charge in [-0.2, -0.15) is 13.2 Å². The molecule has 11 heteroatoms. The Labute approximate surface area is 197 Å². The Balaban J connectivity index is 1.62. The second-order valence-corrected chi connectivity index (χ2v) is 10.8. The molecule has 0 fully saturated rings. The zero-order valence-corrected chi connectivity index (χ0v) is 19.5. The summed E-state index contributed by atoms with van der Waals surface area (Å²) in [4.78, 5) is 12.1. The molecule has 0 radical (unpaired) electrons. The first kappa shape index (κ1) is 25.0. The summed E-state index contributed by atoms with van der Waals surface area (Å²) in [6.45, 7) is 1.58. The molecular formula is C22H18F3NO4S3. The van der Waals surface area contributed by atoms with E-state index in [1.165, 1.54) is 36.0 Å². The first-order valence-corrected chi connectivity index (χ1v) is 12.7. The van der Waals surface area contributed by atoms with Crippen molar-refractivity contribution in [2.75, 3.05) is 4.72 Å². The molecule has 0 aliphatic heterocycles. The second-order valence-electron chi connectivity index (χ2n) is 6.89. The molecule has 0 saturated carbocycles. The van der Waals surface area contributed by atoms with Gasteiger partial charge in [0.2, 0.25) is 0 Å². The van der Waals surface area contributed by atoms with Crippen molar-refractivity contribution in [3.8, 4) is 0 Å². The van der Waals surface area contributed by atoms with Crippen LogP contribution in [0, 0.1) is 6.92 Å². The van der Waals surface area contributed by atoms with Crippen LogP contribution in [0.15, 0.2) is 81.4 Å². The van der Waals surface area contributed by atoms with Crippen LogP contribution in [0.5, 0.6) is 0 Å². The van der Waals surface area contributed by atoms with Crippen molar-refractivity contribution in [1.82, 2.24) is 0 Å². The van der Waals surface area contributed by atoms with Crippen molar-refractivity contribution in [3.05, 3.63) is 83.4 Å². The Bertz CT molecular complexity index is 1240. The summed E-state index contributed by atoms with van der Waals surface area (Å²) in [6, 6.07) is 16.6. The highest BCUT2D eigenvalue weighted by Gasteiger charge is 2.29. The van der Waals surface area contributed by atoms with Gasteiger partial charge < -0.3 is 5.11 Å². The zero-order chi connectivity index (χ0) is 24.2. The molecule has 5 nitrogen and oxygen atoms in total. The van der Waals surface area contributed by atoms with Gasteiger partial charge in [0.25, 0.3) is 10.0 Å². The summed E-state index contributed by atoms with van der Waals surface area (Å²) >= 11 is 1.29. The van der Waals surface area contributed by atoms with E-state index in [1.54, 1.807) is 43.3 Å². The van der Waals surface area contributed by atoms with E-state index in [0.29, 0.717) is 17.0 Å². The van der Waals surface area contributed by atoms with Gasteiger partial charge in [-0.25, -0.2) is 13.2 Å². The molecular weight excluding hydrogens is 495 g/mol. The Hall–Kier alpha value is -2.63. The minimum Gasteiger partial charge on any atom is -0.478 e. The maximum absolute atomic E-state index is 12.6. The molecule has 3 aromatic rings. The Kier molecular flexibility index (Phi) is 7.65. The molecule has 0 aromatic heterocycles. The molecule has 0 atom stereocenters. The number of carboxylic acids is 1. The number of rotatable bonds is 8. The maximum Gasteiger partial charge on any atom is 0.446 e. The average Bonchev–Trinajstić information content (AvgIpc) is 2.73. The lowest BCUT2D eigenvalue weighted by Crippen LogP contribution is -2.14. The van der Waals surface area contributed by atoms with Crippen molar-refractivity contribution >= 4 is 45.2 Å². The van der Waals surface area contributed by atoms with Gasteiger partial charge >= 0.3 is 11.5 Å². The molecule has 0 amide bonds. The Morgan fingerprint density at radius 2 is 1.58 bits per heavy atom. The van der Waals surface area contributed by atoms with Gasteiger partial charge in [0, 0.05) is 21.2 Å². The monoisotopic (exact) mass is 513 g/mol. The SMILES string of the molecule is Cc1ccc(S(=O)(=O)Nc2ccc(SCc3ccc(SC(F)(F)F)cc3)cc2)cc1C(=O)O. The van der Waals surface area contributed by atoms with E-state index in [1.807, 2.05) is 0 Å². The number of alkyl halides is 3. The zero-order valence-electron chi connectivity index (χ0n) is 17.1. The minimum atomic E-state index is -4.32. The van der Waals surface area contributed by atoms with Crippen LogP contribution in [0.3, 0.4) is 0 Å². The number of aryl methyl sites for hydroxylation is 1. The molecule has 0 aliphatic rings. The molecule has 3 rings (SSSR count). The smallest absolute Gasteiger partial charge is 0.446 e. The molecule has 0 saturated heterocycles. The average molecular weight is 514 g/mol. The van der Waals surface area contributed by atoms with Gasteiger partial charge in [0.05, 0.1) is 10.5 Å². The number of aromatic carboxylic acids is 1. The third kappa shape index (κ3) is 7.18. The predicted molar refractivity (Wildman–Crippen MR) is 123 cm³/mol. The first-order chi connectivity index (χ1) is 15.4. The van der Waals surface area contributed by atoms with E-state index in [-0.39, 0.29) is 27.1 Å². The summed E-state index contributed by atoms with van der Waals surface area (Å²) in [6.07, 6.45) is 0. The predicted octanol–water partition coefficient (Wildman–Crippen LogP) is 6.40. The lowest BCUT2D eigenvalue weighted by molar-refractivity contribution is -0.0328. The number of carbonyl (C=O) groups is 1. The molecule has 0 unspecified atom stereocenters. The van der Waals surface area contributed by atoms with Crippen LogP contribution >= 0.6 is 23.5 Å². The maximum atomic E-state index is 12.6. The topological polar surface area (TPSA) is 83.5 Å². The molecule has 33 heavy (non-hydrogen) atoms. The van der Waals surface area contributed by atoms with E-state index in [2.05, 4.69) is 4.72 Å². The van der Waals surface area contributed by atoms with E-state index in [4.69, 9.17) is 0 Å². The molecule has 0 spiro atoms. The summed E-state index contributed by atoms with van der Waals surface area (Å²) in [5.41, 5.74) is -2.79. The van der Waals surface area contributed by atoms with Gasteiger partial charge in [-0.3, -0.25) is 4.72 Å². The number of sulfonamides is 1. The van der Waals surface area contributed by atoms with Crippen LogP contribution in [0.25, 0.3) is 0 Å². The van der Waals surface area contributed by atoms with Crippen LogP contribution in [0.1, 0.15) is 21.5 Å². The molecule has 0 heterocycles. The minimum absolute atomic E-state index is 0.0883. The van der Waals surface area contributed by atoms with Gasteiger partial charge in [-0.05, 0) is 78.3 Å². The fraction of sp³-hybridized carbons (Fsp3) is 0.136. The second kappa shape index (κ2) is 10.1. The number of anilines is 1. The number of nitrogens with one attached hydrogen (secondary N) is 1. The fourth-order valence-electron chi connectivity index (χ4n) is 2.79. The summed E-state index contributed by atoms with van der Waals surface area (Å²) in [5, 5.41) is 9.20. The summed E-state index contributed by atoms with van der Waals surface area (Å²) < 4.78 is 64.9. The van der Waals surface area contributed by atoms with Crippen molar-refractivity contribution < 1.29 is 31.5 Å². The van der Waals surface area contributed by atoms with Crippen LogP contribution in [0.2, 0.25) is 0 Å². The highest BCUT2D eigenvalue weighted by molar-refractivity contribution is 8.00. The fourth-order valence-corrected chi connectivity index (χ4v) is 5.26. The molecule has 2 N–H and O–H groups in total. The number of halogens is 3. The van der Waals surface area contributed by atoms with Crippen LogP contribution < -0.4 is 4.72 Å². The first-order valence-electron chi connectivity index (χ1n) is 9.37. The van der Waals surface area contributed by atoms with E-state index in [9.17, 15) is 31.5 Å². The van der Waals surface area contributed by atoms with Gasteiger partial charge in [0.15, 0.2) is 0 Å². The van der Waals surface area contributed by atoms with Crippen LogP contribution in [-0.4, -0.2) is 25.0 Å². The van der Waals surface area contributed by atoms with E-state index >= 15 is 0 Å². The standard InChI is InChI=1S/C22H18F3NO4S3/c1-14-2-11-19(12-20(14)21(27)28)33(29,30)26-16-5-9-17(10-6-16)31-13-15-3-7-18(8-4-15)32-22(23,24)25/h2-12,26H,13H2,1H3,(H,27,28). The normalized spacial score (nSPS) is 11.9. The molecule has 3 aromatic carbocycles. The quantitative estimate of drug-likeness (QED) is 0.339. The third-order valence-corrected chi connectivity index (χ3v) is 7.62. The number of hydrogen-bond donors (Lipinski definition) is 2. The lowest BCUT2D eigenvalue weighted by atomic mass is 10.1. The van der Waals surface area contributed by atoms with Crippen LogP contribution in [0.4, 0.5) is 18.9 Å².